The van der Waals surface area contributed by atoms with Crippen LogP contribution in [0.15, 0.2) is 40.4 Å². The van der Waals surface area contributed by atoms with E-state index in [4.69, 9.17) is 11.6 Å². The molecule has 0 fully saturated rings. The van der Waals surface area contributed by atoms with Gasteiger partial charge in [-0.25, -0.2) is 23.1 Å². The SMILES string of the molecule is O=c1cc[nH]cc1S(=O)(=O)Nc1nccc(Cl)n1. The van der Waals surface area contributed by atoms with Gasteiger partial charge in [0.2, 0.25) is 11.4 Å². The molecule has 0 aliphatic heterocycles. The van der Waals surface area contributed by atoms with E-state index in [0.717, 1.165) is 12.3 Å². The number of aromatic nitrogens is 3. The lowest BCUT2D eigenvalue weighted by Crippen LogP contribution is -2.21. The zero-order valence-corrected chi connectivity index (χ0v) is 10.4. The van der Waals surface area contributed by atoms with Crippen molar-refractivity contribution in [1.29, 1.82) is 0 Å². The molecule has 2 heterocycles. The van der Waals surface area contributed by atoms with Gasteiger partial charge in [-0.2, -0.15) is 0 Å². The third-order valence-electron chi connectivity index (χ3n) is 1.92. The van der Waals surface area contributed by atoms with E-state index in [-0.39, 0.29) is 11.1 Å². The van der Waals surface area contributed by atoms with Gasteiger partial charge in [0.1, 0.15) is 5.15 Å². The highest BCUT2D eigenvalue weighted by Crippen LogP contribution is 2.10. The lowest BCUT2D eigenvalue weighted by Gasteiger charge is -2.05. The Labute approximate surface area is 107 Å². The Bertz CT molecular complexity index is 728. The number of pyridine rings is 1. The average molecular weight is 287 g/mol. The Balaban J connectivity index is 2.40. The molecule has 0 unspecified atom stereocenters. The molecule has 2 N–H and O–H groups in total. The molecule has 0 aliphatic rings. The average Bonchev–Trinajstić information content (AvgIpc) is 2.28. The number of sulfonamides is 1. The second-order valence-electron chi connectivity index (χ2n) is 3.18. The van der Waals surface area contributed by atoms with Gasteiger partial charge in [0.15, 0.2) is 4.90 Å². The smallest absolute Gasteiger partial charge is 0.269 e. The molecule has 2 rings (SSSR count). The van der Waals surface area contributed by atoms with Gasteiger partial charge in [-0.05, 0) is 6.07 Å². The summed E-state index contributed by atoms with van der Waals surface area (Å²) in [6.07, 6.45) is 3.70. The molecule has 0 saturated heterocycles. The van der Waals surface area contributed by atoms with Crippen LogP contribution in [0, 0.1) is 0 Å². The van der Waals surface area contributed by atoms with Crippen LogP contribution in [0.1, 0.15) is 0 Å². The lowest BCUT2D eigenvalue weighted by molar-refractivity contribution is 0.599. The molecule has 0 amide bonds. The van der Waals surface area contributed by atoms with Gasteiger partial charge in [-0.15, -0.1) is 0 Å². The molecule has 0 aliphatic carbocycles. The minimum atomic E-state index is -4.04. The zero-order chi connectivity index (χ0) is 13.2. The number of hydrogen-bond acceptors (Lipinski definition) is 5. The topological polar surface area (TPSA) is 105 Å². The van der Waals surface area contributed by atoms with Gasteiger partial charge in [0.05, 0.1) is 0 Å². The van der Waals surface area contributed by atoms with Crippen LogP contribution in [-0.2, 0) is 10.0 Å². The van der Waals surface area contributed by atoms with E-state index in [1.54, 1.807) is 0 Å². The maximum atomic E-state index is 11.9. The molecular weight excluding hydrogens is 280 g/mol. The maximum Gasteiger partial charge on any atom is 0.269 e. The Morgan fingerprint density at radius 1 is 1.33 bits per heavy atom. The number of anilines is 1. The number of aromatic amines is 1. The summed E-state index contributed by atoms with van der Waals surface area (Å²) < 4.78 is 25.8. The minimum absolute atomic E-state index is 0.0877. The van der Waals surface area contributed by atoms with Crippen LogP contribution in [-0.4, -0.2) is 23.4 Å². The second-order valence-corrected chi connectivity index (χ2v) is 5.22. The van der Waals surface area contributed by atoms with Gasteiger partial charge in [0.25, 0.3) is 10.0 Å². The molecule has 0 saturated carbocycles. The molecule has 9 heteroatoms. The standard InChI is InChI=1S/C9H7ClN4O3S/c10-8-2-4-12-9(13-8)14-18(16,17)7-5-11-3-1-6(7)15/h1-5H,(H,11,15)(H,12,13,14). The fourth-order valence-electron chi connectivity index (χ4n) is 1.17. The Morgan fingerprint density at radius 2 is 2.11 bits per heavy atom. The molecule has 94 valence electrons. The van der Waals surface area contributed by atoms with Crippen molar-refractivity contribution in [2.75, 3.05) is 4.72 Å². The number of nitrogens with one attached hydrogen (secondary N) is 2. The van der Waals surface area contributed by atoms with Crippen LogP contribution in [0.3, 0.4) is 0 Å². The highest BCUT2D eigenvalue weighted by molar-refractivity contribution is 7.92. The van der Waals surface area contributed by atoms with Crippen LogP contribution in [0.5, 0.6) is 0 Å². The summed E-state index contributed by atoms with van der Waals surface area (Å²) in [5.74, 6) is -0.203. The summed E-state index contributed by atoms with van der Waals surface area (Å²) in [4.78, 5) is 20.9. The van der Waals surface area contributed by atoms with Crippen molar-refractivity contribution in [2.24, 2.45) is 0 Å². The fraction of sp³-hybridized carbons (Fsp3) is 0. The van der Waals surface area contributed by atoms with Crippen LogP contribution >= 0.6 is 11.6 Å². The van der Waals surface area contributed by atoms with E-state index < -0.39 is 20.3 Å². The second kappa shape index (κ2) is 4.75. The van der Waals surface area contributed by atoms with E-state index in [1.807, 2.05) is 0 Å². The monoisotopic (exact) mass is 286 g/mol. The number of halogens is 1. The van der Waals surface area contributed by atoms with Gasteiger partial charge >= 0.3 is 0 Å². The van der Waals surface area contributed by atoms with Gasteiger partial charge in [0, 0.05) is 24.7 Å². The number of nitrogens with zero attached hydrogens (tertiary/aromatic N) is 2. The van der Waals surface area contributed by atoms with Crippen LogP contribution < -0.4 is 10.2 Å². The number of rotatable bonds is 3. The van der Waals surface area contributed by atoms with Gasteiger partial charge in [-0.1, -0.05) is 11.6 Å². The molecule has 0 bridgehead atoms. The Hall–Kier alpha value is -1.93. The van der Waals surface area contributed by atoms with Crippen LogP contribution in [0.4, 0.5) is 5.95 Å². The number of hydrogen-bond donors (Lipinski definition) is 2. The van der Waals surface area contributed by atoms with E-state index >= 15 is 0 Å². The summed E-state index contributed by atoms with van der Waals surface area (Å²) in [6, 6.07) is 2.50. The third-order valence-corrected chi connectivity index (χ3v) is 3.48. The third kappa shape index (κ3) is 2.66. The molecule has 2 aromatic heterocycles. The largest absolute Gasteiger partial charge is 0.366 e. The molecule has 7 nitrogen and oxygen atoms in total. The van der Waals surface area contributed by atoms with E-state index in [9.17, 15) is 13.2 Å². The van der Waals surface area contributed by atoms with Crippen LogP contribution in [0.2, 0.25) is 5.15 Å². The molecular formula is C9H7ClN4O3S. The first-order valence-electron chi connectivity index (χ1n) is 4.67. The quantitative estimate of drug-likeness (QED) is 0.805. The van der Waals surface area contributed by atoms with Crippen molar-refractivity contribution in [3.8, 4) is 0 Å². The van der Waals surface area contributed by atoms with Gasteiger partial charge in [-0.3, -0.25) is 4.79 Å². The van der Waals surface area contributed by atoms with Crippen molar-refractivity contribution in [3.63, 3.8) is 0 Å². The first-order chi connectivity index (χ1) is 8.49. The molecule has 0 atom stereocenters. The molecule has 18 heavy (non-hydrogen) atoms. The Kier molecular flexibility index (Phi) is 3.30. The summed E-state index contributed by atoms with van der Waals surface area (Å²) in [5, 5.41) is 0.0877. The predicted octanol–water partition coefficient (Wildman–Crippen LogP) is 0.619. The van der Waals surface area contributed by atoms with Crippen molar-refractivity contribution in [2.45, 2.75) is 4.90 Å². The van der Waals surface area contributed by atoms with Crippen molar-refractivity contribution in [3.05, 3.63) is 46.1 Å². The van der Waals surface area contributed by atoms with E-state index in [2.05, 4.69) is 19.7 Å². The molecule has 0 spiro atoms. The highest BCUT2D eigenvalue weighted by atomic mass is 35.5. The fourth-order valence-corrected chi connectivity index (χ4v) is 2.31. The van der Waals surface area contributed by atoms with Crippen molar-refractivity contribution in [1.82, 2.24) is 15.0 Å². The van der Waals surface area contributed by atoms with Gasteiger partial charge < -0.3 is 4.98 Å². The summed E-state index contributed by atoms with van der Waals surface area (Å²) in [6.45, 7) is 0. The zero-order valence-electron chi connectivity index (χ0n) is 8.79. The maximum absolute atomic E-state index is 11.9. The minimum Gasteiger partial charge on any atom is -0.366 e. The van der Waals surface area contributed by atoms with E-state index in [1.165, 1.54) is 18.5 Å². The van der Waals surface area contributed by atoms with Crippen LogP contribution in [0.25, 0.3) is 0 Å². The number of H-pyrrole nitrogens is 1. The predicted molar refractivity (Wildman–Crippen MR) is 64.9 cm³/mol. The first kappa shape index (κ1) is 12.5. The molecule has 0 radical (unpaired) electrons. The highest BCUT2D eigenvalue weighted by Gasteiger charge is 2.18. The molecule has 0 aromatic carbocycles. The lowest BCUT2D eigenvalue weighted by atomic mass is 10.5. The van der Waals surface area contributed by atoms with Crippen molar-refractivity contribution < 1.29 is 8.42 Å². The Morgan fingerprint density at radius 3 is 2.78 bits per heavy atom. The first-order valence-corrected chi connectivity index (χ1v) is 6.53. The summed E-state index contributed by atoms with van der Waals surface area (Å²) in [7, 11) is -4.04. The molecule has 2 aromatic rings. The normalized spacial score (nSPS) is 11.2. The summed E-state index contributed by atoms with van der Waals surface area (Å²) in [5.41, 5.74) is -0.636. The summed E-state index contributed by atoms with van der Waals surface area (Å²) >= 11 is 5.60. The van der Waals surface area contributed by atoms with Crippen molar-refractivity contribution >= 4 is 27.6 Å². The van der Waals surface area contributed by atoms with E-state index in [0.29, 0.717) is 0 Å².